The first kappa shape index (κ1) is 23.3. The van der Waals surface area contributed by atoms with Crippen LogP contribution >= 0.6 is 0 Å². The molecule has 0 heterocycles. The van der Waals surface area contributed by atoms with Gasteiger partial charge >= 0.3 is 0 Å². The fourth-order valence-electron chi connectivity index (χ4n) is 4.12. The van der Waals surface area contributed by atoms with Crippen molar-refractivity contribution >= 4 is 0 Å². The van der Waals surface area contributed by atoms with E-state index in [4.69, 9.17) is 0 Å². The van der Waals surface area contributed by atoms with E-state index in [-0.39, 0.29) is 0 Å². The van der Waals surface area contributed by atoms with Crippen molar-refractivity contribution in [1.29, 1.82) is 0 Å². The summed E-state index contributed by atoms with van der Waals surface area (Å²) in [5.41, 5.74) is 6.89. The van der Waals surface area contributed by atoms with E-state index in [0.29, 0.717) is 0 Å². The summed E-state index contributed by atoms with van der Waals surface area (Å²) in [6, 6.07) is 5.00. The number of hydrogen-bond acceptors (Lipinski definition) is 0. The zero-order valence-electron chi connectivity index (χ0n) is 18.5. The van der Waals surface area contributed by atoms with Crippen molar-refractivity contribution < 1.29 is 0 Å². The molecule has 0 aliphatic carbocycles. The average Bonchev–Trinajstić information content (AvgIpc) is 2.65. The highest BCUT2D eigenvalue weighted by molar-refractivity contribution is 5.42. The standard InChI is InChI=1S/C26H46/c1-5-9-13-17-23-21-22-24(18-14-10-6-2)26(20-16-12-8-4)25(23)19-15-11-7-3/h21-22H,5-20H2,1-4H3. The van der Waals surface area contributed by atoms with Crippen molar-refractivity contribution in [2.45, 2.75) is 130 Å². The first-order valence-corrected chi connectivity index (χ1v) is 11.9. The summed E-state index contributed by atoms with van der Waals surface area (Å²) in [6.07, 6.45) is 21.5. The van der Waals surface area contributed by atoms with Gasteiger partial charge in [0.25, 0.3) is 0 Å². The topological polar surface area (TPSA) is 0 Å². The lowest BCUT2D eigenvalue weighted by atomic mass is 9.86. The molecule has 0 atom stereocenters. The highest BCUT2D eigenvalue weighted by atomic mass is 14.2. The molecule has 0 saturated heterocycles. The number of hydrogen-bond donors (Lipinski definition) is 0. The Hall–Kier alpha value is -0.780. The first-order chi connectivity index (χ1) is 12.8. The Morgan fingerprint density at radius 3 is 1.04 bits per heavy atom. The van der Waals surface area contributed by atoms with Gasteiger partial charge in [0.05, 0.1) is 0 Å². The minimum absolute atomic E-state index is 1.30. The third-order valence-electron chi connectivity index (χ3n) is 5.79. The molecular weight excluding hydrogens is 312 g/mol. The summed E-state index contributed by atoms with van der Waals surface area (Å²) in [6.45, 7) is 9.28. The van der Waals surface area contributed by atoms with Gasteiger partial charge < -0.3 is 0 Å². The van der Waals surface area contributed by atoms with E-state index < -0.39 is 0 Å². The Kier molecular flexibility index (Phi) is 13.7. The molecule has 0 N–H and O–H groups in total. The largest absolute Gasteiger partial charge is 0.0654 e. The summed E-state index contributed by atoms with van der Waals surface area (Å²) >= 11 is 0. The Bertz CT molecular complexity index is 414. The molecule has 26 heavy (non-hydrogen) atoms. The molecule has 0 heteroatoms. The smallest absolute Gasteiger partial charge is 0.0273 e. The number of rotatable bonds is 16. The molecule has 0 spiro atoms. The lowest BCUT2D eigenvalue weighted by molar-refractivity contribution is 0.666. The maximum absolute atomic E-state index is 2.50. The predicted molar refractivity (Wildman–Crippen MR) is 119 cm³/mol. The van der Waals surface area contributed by atoms with Gasteiger partial charge in [0.1, 0.15) is 0 Å². The van der Waals surface area contributed by atoms with Crippen LogP contribution in [0.4, 0.5) is 0 Å². The second kappa shape index (κ2) is 15.3. The Balaban J connectivity index is 3.04. The molecule has 150 valence electrons. The van der Waals surface area contributed by atoms with Gasteiger partial charge in [0, 0.05) is 0 Å². The van der Waals surface area contributed by atoms with Gasteiger partial charge in [-0.25, -0.2) is 0 Å². The zero-order valence-corrected chi connectivity index (χ0v) is 18.5. The second-order valence-corrected chi connectivity index (χ2v) is 8.17. The van der Waals surface area contributed by atoms with Crippen LogP contribution in [-0.2, 0) is 25.7 Å². The molecule has 0 amide bonds. The quantitative estimate of drug-likeness (QED) is 0.259. The van der Waals surface area contributed by atoms with Crippen molar-refractivity contribution in [3.63, 3.8) is 0 Å². The van der Waals surface area contributed by atoms with Crippen molar-refractivity contribution in [2.24, 2.45) is 0 Å². The molecule has 0 radical (unpaired) electrons. The summed E-state index contributed by atoms with van der Waals surface area (Å²) in [4.78, 5) is 0. The van der Waals surface area contributed by atoms with E-state index in [2.05, 4.69) is 39.8 Å². The van der Waals surface area contributed by atoms with Crippen LogP contribution in [0.5, 0.6) is 0 Å². The monoisotopic (exact) mass is 358 g/mol. The molecule has 0 fully saturated rings. The van der Waals surface area contributed by atoms with E-state index in [1.165, 1.54) is 103 Å². The molecule has 0 aliphatic heterocycles. The van der Waals surface area contributed by atoms with Gasteiger partial charge in [-0.3, -0.25) is 0 Å². The molecule has 0 aromatic heterocycles. The Morgan fingerprint density at radius 2 is 0.731 bits per heavy atom. The van der Waals surface area contributed by atoms with Crippen LogP contribution in [0.3, 0.4) is 0 Å². The van der Waals surface area contributed by atoms with E-state index in [9.17, 15) is 0 Å². The Morgan fingerprint density at radius 1 is 0.423 bits per heavy atom. The van der Waals surface area contributed by atoms with Crippen LogP contribution in [0.1, 0.15) is 127 Å². The summed E-state index contributed by atoms with van der Waals surface area (Å²) in [5, 5.41) is 0. The fourth-order valence-corrected chi connectivity index (χ4v) is 4.12. The number of aryl methyl sites for hydroxylation is 2. The van der Waals surface area contributed by atoms with Crippen molar-refractivity contribution in [2.75, 3.05) is 0 Å². The fraction of sp³-hybridized carbons (Fsp3) is 0.769. The predicted octanol–water partition coefficient (Wildman–Crippen LogP) is 8.62. The molecular formula is C26H46. The third kappa shape index (κ3) is 8.74. The van der Waals surface area contributed by atoms with Crippen molar-refractivity contribution in [3.8, 4) is 0 Å². The lowest BCUT2D eigenvalue weighted by Gasteiger charge is -2.20. The van der Waals surface area contributed by atoms with Gasteiger partial charge in [0.15, 0.2) is 0 Å². The molecule has 0 aliphatic rings. The van der Waals surface area contributed by atoms with Gasteiger partial charge in [-0.05, 0) is 73.6 Å². The van der Waals surface area contributed by atoms with Crippen LogP contribution in [0, 0.1) is 0 Å². The van der Waals surface area contributed by atoms with E-state index in [0.717, 1.165) is 0 Å². The van der Waals surface area contributed by atoms with Crippen LogP contribution in [0.2, 0.25) is 0 Å². The number of unbranched alkanes of at least 4 members (excludes halogenated alkanes) is 8. The van der Waals surface area contributed by atoms with Gasteiger partial charge in [-0.15, -0.1) is 0 Å². The van der Waals surface area contributed by atoms with Crippen LogP contribution in [-0.4, -0.2) is 0 Å². The van der Waals surface area contributed by atoms with E-state index in [1.54, 1.807) is 22.3 Å². The van der Waals surface area contributed by atoms with Crippen molar-refractivity contribution in [1.82, 2.24) is 0 Å². The molecule has 0 nitrogen and oxygen atoms in total. The normalized spacial score (nSPS) is 11.2. The lowest BCUT2D eigenvalue weighted by Crippen LogP contribution is -2.06. The number of benzene rings is 1. The van der Waals surface area contributed by atoms with Gasteiger partial charge in [-0.2, -0.15) is 0 Å². The van der Waals surface area contributed by atoms with Crippen LogP contribution in [0.25, 0.3) is 0 Å². The average molecular weight is 359 g/mol. The molecule has 0 saturated carbocycles. The molecule has 1 rings (SSSR count). The van der Waals surface area contributed by atoms with E-state index in [1.807, 2.05) is 0 Å². The molecule has 0 unspecified atom stereocenters. The molecule has 1 aromatic carbocycles. The van der Waals surface area contributed by atoms with Crippen LogP contribution < -0.4 is 0 Å². The molecule has 1 aromatic rings. The maximum Gasteiger partial charge on any atom is -0.0273 e. The zero-order chi connectivity index (χ0) is 19.0. The summed E-state index contributed by atoms with van der Waals surface area (Å²) in [5.74, 6) is 0. The molecule has 0 bridgehead atoms. The summed E-state index contributed by atoms with van der Waals surface area (Å²) in [7, 11) is 0. The van der Waals surface area contributed by atoms with E-state index >= 15 is 0 Å². The Labute approximate surface area is 165 Å². The highest BCUT2D eigenvalue weighted by Crippen LogP contribution is 2.27. The van der Waals surface area contributed by atoms with Gasteiger partial charge in [0.2, 0.25) is 0 Å². The minimum Gasteiger partial charge on any atom is -0.0654 e. The van der Waals surface area contributed by atoms with Crippen molar-refractivity contribution in [3.05, 3.63) is 34.4 Å². The second-order valence-electron chi connectivity index (χ2n) is 8.17. The maximum atomic E-state index is 2.50. The third-order valence-corrected chi connectivity index (χ3v) is 5.79. The first-order valence-electron chi connectivity index (χ1n) is 11.9. The summed E-state index contributed by atoms with van der Waals surface area (Å²) < 4.78 is 0. The SMILES string of the molecule is CCCCCc1ccc(CCCCC)c(CCCCC)c1CCCCC. The van der Waals surface area contributed by atoms with Gasteiger partial charge in [-0.1, -0.05) is 91.2 Å². The highest BCUT2D eigenvalue weighted by Gasteiger charge is 2.13. The minimum atomic E-state index is 1.30. The van der Waals surface area contributed by atoms with Crippen LogP contribution in [0.15, 0.2) is 12.1 Å².